The molecule has 1 aliphatic rings. The molecular weight excluding hydrogens is 284 g/mol. The first-order valence-corrected chi connectivity index (χ1v) is 7.17. The number of carbonyl (C=O) groups is 3. The van der Waals surface area contributed by atoms with E-state index in [-0.39, 0.29) is 18.2 Å². The molecule has 1 aromatic carbocycles. The predicted octanol–water partition coefficient (Wildman–Crippen LogP) is 1.05. The molecule has 22 heavy (non-hydrogen) atoms. The zero-order valence-corrected chi connectivity index (χ0v) is 13.0. The van der Waals surface area contributed by atoms with Gasteiger partial charge in [-0.05, 0) is 25.0 Å². The Balaban J connectivity index is 2.36. The fraction of sp³-hybridized carbons (Fsp3) is 0.438. The summed E-state index contributed by atoms with van der Waals surface area (Å²) >= 11 is 0. The predicted molar refractivity (Wildman–Crippen MR) is 80.8 cm³/mol. The minimum Gasteiger partial charge on any atom is -0.496 e. The number of amides is 2. The van der Waals surface area contributed by atoms with Gasteiger partial charge in [-0.15, -0.1) is 0 Å². The van der Waals surface area contributed by atoms with Crippen molar-refractivity contribution in [1.29, 1.82) is 0 Å². The average Bonchev–Trinajstić information content (AvgIpc) is 2.84. The first-order chi connectivity index (χ1) is 10.5. The Morgan fingerprint density at radius 2 is 2.23 bits per heavy atom. The highest BCUT2D eigenvalue weighted by atomic mass is 16.5. The second-order valence-corrected chi connectivity index (χ2v) is 5.25. The number of aryl methyl sites for hydroxylation is 1. The molecule has 0 fully saturated rings. The lowest BCUT2D eigenvalue weighted by Crippen LogP contribution is -2.46. The van der Waals surface area contributed by atoms with Gasteiger partial charge in [0.05, 0.1) is 13.7 Å². The Morgan fingerprint density at radius 3 is 2.82 bits per heavy atom. The molecule has 0 saturated heterocycles. The van der Waals surface area contributed by atoms with Gasteiger partial charge < -0.3 is 19.7 Å². The number of carbonyl (C=O) groups excluding carboxylic acids is 3. The van der Waals surface area contributed by atoms with Gasteiger partial charge in [0.25, 0.3) is 5.91 Å². The molecule has 118 valence electrons. The topological polar surface area (TPSA) is 75.7 Å². The first-order valence-electron chi connectivity index (χ1n) is 7.17. The summed E-state index contributed by atoms with van der Waals surface area (Å²) in [5.41, 5.74) is 2.30. The van der Waals surface area contributed by atoms with Crippen molar-refractivity contribution in [2.75, 3.05) is 14.2 Å². The van der Waals surface area contributed by atoms with Gasteiger partial charge in [0.1, 0.15) is 18.1 Å². The molecule has 6 nitrogen and oxygen atoms in total. The molecule has 1 atom stereocenters. The summed E-state index contributed by atoms with van der Waals surface area (Å²) in [6.07, 6.45) is 1.30. The number of benzene rings is 1. The van der Waals surface area contributed by atoms with Crippen LogP contribution in [-0.2, 0) is 16.1 Å². The van der Waals surface area contributed by atoms with Gasteiger partial charge >= 0.3 is 0 Å². The molecule has 1 unspecified atom stereocenters. The number of methoxy groups -OCH3 is 1. The largest absolute Gasteiger partial charge is 0.496 e. The number of hydrogen-bond acceptors (Lipinski definition) is 4. The molecule has 2 amide bonds. The number of nitrogens with one attached hydrogen (secondary N) is 1. The molecule has 0 radical (unpaired) electrons. The van der Waals surface area contributed by atoms with Gasteiger partial charge in [-0.2, -0.15) is 0 Å². The van der Waals surface area contributed by atoms with Crippen molar-refractivity contribution in [1.82, 2.24) is 10.2 Å². The van der Waals surface area contributed by atoms with Crippen LogP contribution in [0.2, 0.25) is 0 Å². The fourth-order valence-electron chi connectivity index (χ4n) is 2.86. The molecule has 0 aliphatic carbocycles. The second kappa shape index (κ2) is 6.60. The molecule has 6 heteroatoms. The van der Waals surface area contributed by atoms with Crippen LogP contribution in [0.5, 0.6) is 5.75 Å². The van der Waals surface area contributed by atoms with Crippen LogP contribution in [0.4, 0.5) is 0 Å². The van der Waals surface area contributed by atoms with E-state index in [4.69, 9.17) is 4.74 Å². The molecule has 0 bridgehead atoms. The number of nitrogens with zero attached hydrogens (tertiary/aromatic N) is 1. The molecule has 0 saturated carbocycles. The average molecular weight is 304 g/mol. The fourth-order valence-corrected chi connectivity index (χ4v) is 2.86. The molecule has 0 aromatic heterocycles. The minimum atomic E-state index is -0.653. The number of ether oxygens (including phenoxy) is 1. The maximum atomic E-state index is 12.6. The number of rotatable bonds is 6. The highest BCUT2D eigenvalue weighted by Crippen LogP contribution is 2.35. The van der Waals surface area contributed by atoms with E-state index >= 15 is 0 Å². The third-order valence-corrected chi connectivity index (χ3v) is 3.96. The van der Waals surface area contributed by atoms with E-state index in [1.54, 1.807) is 13.2 Å². The molecule has 1 aliphatic heterocycles. The smallest absolute Gasteiger partial charge is 0.255 e. The van der Waals surface area contributed by atoms with Crippen molar-refractivity contribution >= 4 is 18.1 Å². The van der Waals surface area contributed by atoms with Gasteiger partial charge in [-0.3, -0.25) is 9.59 Å². The first kappa shape index (κ1) is 16.0. The number of aldehydes is 1. The lowest BCUT2D eigenvalue weighted by molar-refractivity contribution is -0.125. The summed E-state index contributed by atoms with van der Waals surface area (Å²) < 4.78 is 5.40. The highest BCUT2D eigenvalue weighted by Gasteiger charge is 2.37. The normalized spacial score (nSPS) is 14.5. The molecule has 1 aromatic rings. The van der Waals surface area contributed by atoms with Crippen LogP contribution in [0.3, 0.4) is 0 Å². The summed E-state index contributed by atoms with van der Waals surface area (Å²) in [6, 6.07) is 2.94. The van der Waals surface area contributed by atoms with Crippen LogP contribution < -0.4 is 10.1 Å². The Labute approximate surface area is 129 Å². The van der Waals surface area contributed by atoms with Gasteiger partial charge in [0.15, 0.2) is 0 Å². The van der Waals surface area contributed by atoms with E-state index in [0.717, 1.165) is 17.4 Å². The van der Waals surface area contributed by atoms with E-state index in [2.05, 4.69) is 5.32 Å². The van der Waals surface area contributed by atoms with E-state index in [9.17, 15) is 14.4 Å². The minimum absolute atomic E-state index is 0.201. The third kappa shape index (κ3) is 2.68. The van der Waals surface area contributed by atoms with Crippen LogP contribution in [0.1, 0.15) is 34.3 Å². The van der Waals surface area contributed by atoms with E-state index < -0.39 is 6.04 Å². The van der Waals surface area contributed by atoms with Crippen molar-refractivity contribution in [3.8, 4) is 5.75 Å². The zero-order valence-electron chi connectivity index (χ0n) is 13.0. The van der Waals surface area contributed by atoms with E-state index in [0.29, 0.717) is 24.3 Å². The maximum Gasteiger partial charge on any atom is 0.255 e. The number of hydrogen-bond donors (Lipinski definition) is 1. The van der Waals surface area contributed by atoms with Crippen molar-refractivity contribution in [3.05, 3.63) is 28.8 Å². The third-order valence-electron chi connectivity index (χ3n) is 3.96. The quantitative estimate of drug-likeness (QED) is 0.797. The van der Waals surface area contributed by atoms with E-state index in [1.807, 2.05) is 13.0 Å². The molecule has 1 heterocycles. The Hall–Kier alpha value is -2.37. The van der Waals surface area contributed by atoms with Gasteiger partial charge in [-0.25, -0.2) is 0 Å². The summed E-state index contributed by atoms with van der Waals surface area (Å²) in [6.45, 7) is 2.23. The summed E-state index contributed by atoms with van der Waals surface area (Å²) in [5.74, 6) is 0.214. The Morgan fingerprint density at radius 1 is 1.50 bits per heavy atom. The van der Waals surface area contributed by atoms with Crippen LogP contribution in [-0.4, -0.2) is 43.2 Å². The zero-order chi connectivity index (χ0) is 16.3. The van der Waals surface area contributed by atoms with E-state index in [1.165, 1.54) is 11.9 Å². The molecule has 2 rings (SSSR count). The SMILES string of the molecule is CNC(=O)C(CCC=O)N1Cc2c(ccc(C)c2OC)C1=O. The van der Waals surface area contributed by atoms with Crippen molar-refractivity contribution in [2.24, 2.45) is 0 Å². The summed E-state index contributed by atoms with van der Waals surface area (Å²) in [7, 11) is 3.09. The lowest BCUT2D eigenvalue weighted by atomic mass is 10.1. The van der Waals surface area contributed by atoms with Gasteiger partial charge in [0.2, 0.25) is 5.91 Å². The van der Waals surface area contributed by atoms with Crippen LogP contribution in [0.15, 0.2) is 12.1 Å². The monoisotopic (exact) mass is 304 g/mol. The van der Waals surface area contributed by atoms with Crippen molar-refractivity contribution < 1.29 is 19.1 Å². The van der Waals surface area contributed by atoms with Crippen LogP contribution in [0, 0.1) is 6.92 Å². The summed E-state index contributed by atoms with van der Waals surface area (Å²) in [4.78, 5) is 36.8. The van der Waals surface area contributed by atoms with Crippen LogP contribution >= 0.6 is 0 Å². The van der Waals surface area contributed by atoms with Crippen molar-refractivity contribution in [3.63, 3.8) is 0 Å². The Kier molecular flexibility index (Phi) is 4.80. The standard InChI is InChI=1S/C16H20N2O4/c1-10-6-7-11-12(14(10)22-3)9-18(16(11)21)13(5-4-8-19)15(20)17-2/h6-8,13H,4-5,9H2,1-3H3,(H,17,20). The van der Waals surface area contributed by atoms with Gasteiger partial charge in [-0.1, -0.05) is 6.07 Å². The molecule has 1 N–H and O–H groups in total. The van der Waals surface area contributed by atoms with Gasteiger partial charge in [0, 0.05) is 24.6 Å². The summed E-state index contributed by atoms with van der Waals surface area (Å²) in [5, 5.41) is 2.56. The maximum absolute atomic E-state index is 12.6. The van der Waals surface area contributed by atoms with Crippen molar-refractivity contribution in [2.45, 2.75) is 32.4 Å². The molecular formula is C16H20N2O4. The Bertz CT molecular complexity index is 612. The molecule has 0 spiro atoms. The van der Waals surface area contributed by atoms with Crippen LogP contribution in [0.25, 0.3) is 0 Å². The number of likely N-dealkylation sites (N-methyl/N-ethyl adjacent to an activating group) is 1. The highest BCUT2D eigenvalue weighted by molar-refractivity contribution is 6.02. The second-order valence-electron chi connectivity index (χ2n) is 5.25. The lowest BCUT2D eigenvalue weighted by Gasteiger charge is -2.25. The number of fused-ring (bicyclic) bond motifs is 1.